The minimum Gasteiger partial charge on any atom is -0.500 e. The molecule has 3 amide bonds. The molecule has 0 radical (unpaired) electrons. The van der Waals surface area contributed by atoms with Gasteiger partial charge in [0.2, 0.25) is 11.7 Å². The van der Waals surface area contributed by atoms with E-state index in [1.54, 1.807) is 12.1 Å². The van der Waals surface area contributed by atoms with Crippen LogP contribution in [0.5, 0.6) is 17.2 Å². The van der Waals surface area contributed by atoms with Crippen molar-refractivity contribution < 1.29 is 33.9 Å². The van der Waals surface area contributed by atoms with Crippen molar-refractivity contribution in [1.29, 1.82) is 0 Å². The van der Waals surface area contributed by atoms with E-state index in [9.17, 15) is 29.6 Å². The second-order valence-electron chi connectivity index (χ2n) is 6.51. The number of aromatic hydroxyl groups is 1. The highest BCUT2D eigenvalue weighted by Gasteiger charge is 2.36. The monoisotopic (exact) mass is 493 g/mol. The van der Waals surface area contributed by atoms with Gasteiger partial charge in [0.25, 0.3) is 11.1 Å². The quantitative estimate of drug-likeness (QED) is 0.335. The number of phenolic OH excluding ortho intramolecular Hbond substituents is 1. The highest BCUT2D eigenvalue weighted by Crippen LogP contribution is 2.39. The first kappa shape index (κ1) is 23.9. The van der Waals surface area contributed by atoms with Crippen LogP contribution >= 0.6 is 23.4 Å². The third-order valence-electron chi connectivity index (χ3n) is 4.40. The van der Waals surface area contributed by atoms with Crippen LogP contribution in [0, 0.1) is 10.1 Å². The molecule has 0 spiro atoms. The van der Waals surface area contributed by atoms with Gasteiger partial charge < -0.3 is 19.9 Å². The number of amides is 3. The van der Waals surface area contributed by atoms with Crippen molar-refractivity contribution in [2.45, 2.75) is 0 Å². The van der Waals surface area contributed by atoms with E-state index < -0.39 is 40.0 Å². The average molecular weight is 494 g/mol. The predicted octanol–water partition coefficient (Wildman–Crippen LogP) is 3.65. The number of benzene rings is 2. The largest absolute Gasteiger partial charge is 0.500 e. The fraction of sp³-hybridized carbons (Fsp3) is 0.150. The van der Waals surface area contributed by atoms with Gasteiger partial charge in [0, 0.05) is 11.8 Å². The predicted molar refractivity (Wildman–Crippen MR) is 121 cm³/mol. The summed E-state index contributed by atoms with van der Waals surface area (Å²) in [5.41, 5.74) is -0.131. The number of imide groups is 1. The minimum absolute atomic E-state index is 0.0534. The zero-order valence-electron chi connectivity index (χ0n) is 17.2. The van der Waals surface area contributed by atoms with Gasteiger partial charge in [-0.15, -0.1) is 0 Å². The molecule has 1 heterocycles. The summed E-state index contributed by atoms with van der Waals surface area (Å²) in [6.45, 7) is -0.551. The van der Waals surface area contributed by atoms with Gasteiger partial charge in [-0.2, -0.15) is 0 Å². The molecule has 1 aliphatic rings. The molecule has 0 aliphatic carbocycles. The molecule has 0 bridgehead atoms. The summed E-state index contributed by atoms with van der Waals surface area (Å²) in [5.74, 6) is -1.81. The second kappa shape index (κ2) is 9.79. The van der Waals surface area contributed by atoms with E-state index >= 15 is 0 Å². The Balaban J connectivity index is 1.77. The molecule has 3 rings (SSSR count). The van der Waals surface area contributed by atoms with Crippen LogP contribution < -0.4 is 14.8 Å². The van der Waals surface area contributed by atoms with E-state index in [-0.39, 0.29) is 21.2 Å². The van der Waals surface area contributed by atoms with Crippen LogP contribution in [0.1, 0.15) is 5.56 Å². The summed E-state index contributed by atoms with van der Waals surface area (Å²) in [7, 11) is 2.66. The van der Waals surface area contributed by atoms with Gasteiger partial charge >= 0.3 is 5.69 Å². The summed E-state index contributed by atoms with van der Waals surface area (Å²) < 4.78 is 9.95. The number of nitro benzene ring substituents is 1. The standard InChI is InChI=1S/C20H16ClN3O8S/c1-31-14-4-3-11(8-12(14)21)22-17(25)9-23-19(27)16(33-20(23)28)7-10-5-13(24(29)30)18(26)15(6-10)32-2/h3-8,26H,9H2,1-2H3,(H,22,25). The van der Waals surface area contributed by atoms with Crippen molar-refractivity contribution in [3.8, 4) is 17.2 Å². The van der Waals surface area contributed by atoms with Crippen LogP contribution in [0.4, 0.5) is 16.2 Å². The number of halogens is 1. The maximum atomic E-state index is 12.7. The van der Waals surface area contributed by atoms with Crippen molar-refractivity contribution in [3.05, 3.63) is 55.9 Å². The summed E-state index contributed by atoms with van der Waals surface area (Å²) in [6.07, 6.45) is 1.24. The van der Waals surface area contributed by atoms with Crippen molar-refractivity contribution in [3.63, 3.8) is 0 Å². The first-order valence-electron chi connectivity index (χ1n) is 9.08. The second-order valence-corrected chi connectivity index (χ2v) is 7.91. The van der Waals surface area contributed by atoms with Gasteiger partial charge in [-0.05, 0) is 47.7 Å². The zero-order valence-corrected chi connectivity index (χ0v) is 18.7. The lowest BCUT2D eigenvalue weighted by atomic mass is 10.1. The van der Waals surface area contributed by atoms with Gasteiger partial charge in [-0.25, -0.2) is 0 Å². The first-order chi connectivity index (χ1) is 15.6. The van der Waals surface area contributed by atoms with E-state index in [0.29, 0.717) is 23.2 Å². The Bertz CT molecular complexity index is 1200. The number of nitro groups is 1. The third-order valence-corrected chi connectivity index (χ3v) is 5.61. The number of nitrogens with zero attached hydrogens (tertiary/aromatic N) is 2. The molecule has 0 saturated carbocycles. The Morgan fingerprint density at radius 3 is 2.55 bits per heavy atom. The number of anilines is 1. The number of hydrogen-bond donors (Lipinski definition) is 2. The number of carbonyl (C=O) groups excluding carboxylic acids is 3. The summed E-state index contributed by atoms with van der Waals surface area (Å²) in [5, 5.41) is 23.1. The molecular formula is C20H16ClN3O8S. The van der Waals surface area contributed by atoms with E-state index in [2.05, 4.69) is 5.32 Å². The number of methoxy groups -OCH3 is 2. The molecule has 2 aromatic carbocycles. The van der Waals surface area contributed by atoms with Crippen molar-refractivity contribution in [1.82, 2.24) is 4.90 Å². The Labute approximate surface area is 196 Å². The highest BCUT2D eigenvalue weighted by molar-refractivity contribution is 8.18. The number of hydrogen-bond acceptors (Lipinski definition) is 9. The molecule has 172 valence electrons. The van der Waals surface area contributed by atoms with Crippen molar-refractivity contribution >= 4 is 57.9 Å². The molecule has 11 nitrogen and oxygen atoms in total. The van der Waals surface area contributed by atoms with Crippen LogP contribution in [0.3, 0.4) is 0 Å². The van der Waals surface area contributed by atoms with E-state index in [4.69, 9.17) is 21.1 Å². The smallest absolute Gasteiger partial charge is 0.315 e. The number of rotatable bonds is 7. The first-order valence-corrected chi connectivity index (χ1v) is 10.3. The number of nitrogens with one attached hydrogen (secondary N) is 1. The molecule has 1 saturated heterocycles. The van der Waals surface area contributed by atoms with Crippen LogP contribution in [0.2, 0.25) is 5.02 Å². The van der Waals surface area contributed by atoms with Crippen LogP contribution in [-0.4, -0.2) is 52.7 Å². The van der Waals surface area contributed by atoms with Gasteiger partial charge in [0.05, 0.1) is 29.1 Å². The van der Waals surface area contributed by atoms with Crippen molar-refractivity contribution in [2.75, 3.05) is 26.1 Å². The minimum atomic E-state index is -0.809. The Hall–Kier alpha value is -3.77. The van der Waals surface area contributed by atoms with Gasteiger partial charge in [0.1, 0.15) is 12.3 Å². The van der Waals surface area contributed by atoms with Crippen LogP contribution in [0.25, 0.3) is 6.08 Å². The van der Waals surface area contributed by atoms with Crippen molar-refractivity contribution in [2.24, 2.45) is 0 Å². The molecule has 2 aromatic rings. The third kappa shape index (κ3) is 5.18. The summed E-state index contributed by atoms with van der Waals surface area (Å²) >= 11 is 6.59. The normalized spacial score (nSPS) is 14.5. The SMILES string of the molecule is COc1ccc(NC(=O)CN2C(=O)SC(=Cc3cc(OC)c(O)c([N+](=O)[O-])c3)C2=O)cc1Cl. The molecule has 1 aliphatic heterocycles. The van der Waals surface area contributed by atoms with Gasteiger partial charge in [-0.3, -0.25) is 29.4 Å². The van der Waals surface area contributed by atoms with Gasteiger partial charge in [0.15, 0.2) is 5.75 Å². The topological polar surface area (TPSA) is 148 Å². The Morgan fingerprint density at radius 2 is 1.94 bits per heavy atom. The molecule has 13 heteroatoms. The lowest BCUT2D eigenvalue weighted by molar-refractivity contribution is -0.386. The lowest BCUT2D eigenvalue weighted by Crippen LogP contribution is -2.36. The molecule has 0 atom stereocenters. The molecule has 1 fully saturated rings. The van der Waals surface area contributed by atoms with Crippen LogP contribution in [0.15, 0.2) is 35.2 Å². The van der Waals surface area contributed by atoms with E-state index in [1.165, 1.54) is 32.4 Å². The number of carbonyl (C=O) groups is 3. The fourth-order valence-corrected chi connectivity index (χ4v) is 3.96. The zero-order chi connectivity index (χ0) is 24.3. The molecule has 33 heavy (non-hydrogen) atoms. The fourth-order valence-electron chi connectivity index (χ4n) is 2.87. The summed E-state index contributed by atoms with van der Waals surface area (Å²) in [6, 6.07) is 6.85. The highest BCUT2D eigenvalue weighted by atomic mass is 35.5. The summed E-state index contributed by atoms with van der Waals surface area (Å²) in [4.78, 5) is 48.3. The maximum Gasteiger partial charge on any atom is 0.315 e. The van der Waals surface area contributed by atoms with Crippen LogP contribution in [-0.2, 0) is 9.59 Å². The Kier molecular flexibility index (Phi) is 7.09. The molecule has 2 N–H and O–H groups in total. The molecular weight excluding hydrogens is 478 g/mol. The lowest BCUT2D eigenvalue weighted by Gasteiger charge is -2.13. The number of thioether (sulfide) groups is 1. The molecule has 0 aromatic heterocycles. The molecule has 0 unspecified atom stereocenters. The van der Waals surface area contributed by atoms with Gasteiger partial charge in [-0.1, -0.05) is 11.6 Å². The number of ether oxygens (including phenoxy) is 2. The van der Waals surface area contributed by atoms with E-state index in [0.717, 1.165) is 11.0 Å². The average Bonchev–Trinajstić information content (AvgIpc) is 3.02. The Morgan fingerprint density at radius 1 is 1.24 bits per heavy atom. The van der Waals surface area contributed by atoms with E-state index in [1.807, 2.05) is 0 Å². The number of phenols is 1. The maximum absolute atomic E-state index is 12.7.